The summed E-state index contributed by atoms with van der Waals surface area (Å²) in [4.78, 5) is 11.8. The Balaban J connectivity index is 1.79. The Hall–Kier alpha value is -1.52. The molecule has 134 valence electrons. The number of nitrogens with one attached hydrogen (secondary N) is 1. The van der Waals surface area contributed by atoms with Crippen molar-refractivity contribution in [3.05, 3.63) is 48.0 Å². The van der Waals surface area contributed by atoms with Gasteiger partial charge in [-0.05, 0) is 40.7 Å². The lowest BCUT2D eigenvalue weighted by Gasteiger charge is -2.43. The highest BCUT2D eigenvalue weighted by Gasteiger charge is 2.45. The fraction of sp³-hybridized carbons (Fsp3) is 0.476. The molecule has 2 aromatic carbocycles. The molecule has 0 amide bonds. The van der Waals surface area contributed by atoms with E-state index < -0.39 is 22.0 Å². The van der Waals surface area contributed by atoms with Crippen LogP contribution in [0.3, 0.4) is 0 Å². The van der Waals surface area contributed by atoms with Gasteiger partial charge in [0.05, 0.1) is 5.37 Å². The molecular formula is C21H27NO2S. The highest BCUT2D eigenvalue weighted by molar-refractivity contribution is 8.34. The minimum Gasteiger partial charge on any atom is -0.480 e. The molecule has 2 fully saturated rings. The highest BCUT2D eigenvalue weighted by atomic mass is 32.3. The van der Waals surface area contributed by atoms with Crippen molar-refractivity contribution >= 4 is 26.8 Å². The van der Waals surface area contributed by atoms with Gasteiger partial charge in [-0.25, -0.2) is 10.0 Å². The first kappa shape index (κ1) is 16.9. The first-order valence-corrected chi connectivity index (χ1v) is 11.6. The standard InChI is InChI=1S/C21H27NO2S/c23-21(24)19-15-25(13-6-2-1-3-7-14-25)20(22-19)18-12-8-10-16-9-4-5-11-17(16)18/h4-5,8-12,19-20,22H,1-3,6-7,13-15H2,(H,23,24). The SMILES string of the molecule is O=C(O)C1CS2(CCCCCCC2)C(c2cccc3ccccc23)N1. The van der Waals surface area contributed by atoms with E-state index in [1.807, 2.05) is 0 Å². The van der Waals surface area contributed by atoms with Crippen molar-refractivity contribution < 1.29 is 9.90 Å². The number of fused-ring (bicyclic) bond motifs is 1. The monoisotopic (exact) mass is 357 g/mol. The van der Waals surface area contributed by atoms with Gasteiger partial charge >= 0.3 is 5.97 Å². The Bertz CT molecular complexity index is 762. The van der Waals surface area contributed by atoms with E-state index in [0.717, 1.165) is 5.75 Å². The van der Waals surface area contributed by atoms with Crippen LogP contribution in [0.2, 0.25) is 0 Å². The number of benzene rings is 2. The number of rotatable bonds is 2. The number of hydrogen-bond acceptors (Lipinski definition) is 2. The van der Waals surface area contributed by atoms with Gasteiger partial charge in [-0.2, -0.15) is 0 Å². The summed E-state index contributed by atoms with van der Waals surface area (Å²) in [5.74, 6) is 2.60. The van der Waals surface area contributed by atoms with Crippen LogP contribution in [0.5, 0.6) is 0 Å². The van der Waals surface area contributed by atoms with Gasteiger partial charge in [-0.15, -0.1) is 0 Å². The van der Waals surface area contributed by atoms with E-state index >= 15 is 0 Å². The second-order valence-electron chi connectivity index (χ2n) is 7.46. The van der Waals surface area contributed by atoms with Gasteiger partial charge in [0.25, 0.3) is 0 Å². The zero-order valence-corrected chi connectivity index (χ0v) is 15.4. The molecule has 2 unspecified atom stereocenters. The molecule has 2 aromatic rings. The first-order chi connectivity index (χ1) is 12.2. The lowest BCUT2D eigenvalue weighted by atomic mass is 10.0. The normalized spacial score (nSPS) is 27.7. The zero-order chi connectivity index (χ0) is 17.3. The predicted molar refractivity (Wildman–Crippen MR) is 107 cm³/mol. The topological polar surface area (TPSA) is 49.3 Å². The lowest BCUT2D eigenvalue weighted by molar-refractivity contribution is -0.138. The Morgan fingerprint density at radius 2 is 1.64 bits per heavy atom. The lowest BCUT2D eigenvalue weighted by Crippen LogP contribution is -2.33. The van der Waals surface area contributed by atoms with Crippen LogP contribution < -0.4 is 5.32 Å². The van der Waals surface area contributed by atoms with Crippen LogP contribution in [0, 0.1) is 0 Å². The molecule has 25 heavy (non-hydrogen) atoms. The number of carboxylic acid groups (broad SMARTS) is 1. The van der Waals surface area contributed by atoms with Gasteiger partial charge in [0.15, 0.2) is 0 Å². The molecule has 0 aromatic heterocycles. The predicted octanol–water partition coefficient (Wildman–Crippen LogP) is 4.66. The number of aliphatic carboxylic acids is 1. The minimum atomic E-state index is -0.994. The third-order valence-electron chi connectivity index (χ3n) is 5.86. The Morgan fingerprint density at radius 3 is 2.40 bits per heavy atom. The minimum absolute atomic E-state index is 0.220. The second kappa shape index (κ2) is 7.00. The van der Waals surface area contributed by atoms with Crippen molar-refractivity contribution in [1.29, 1.82) is 0 Å². The molecule has 1 spiro atoms. The molecular weight excluding hydrogens is 330 g/mol. The van der Waals surface area contributed by atoms with Crippen LogP contribution in [0.15, 0.2) is 42.5 Å². The Labute approximate surface area is 151 Å². The third-order valence-corrected chi connectivity index (χ3v) is 10.4. The average Bonchev–Trinajstić information content (AvgIpc) is 2.98. The van der Waals surface area contributed by atoms with Crippen molar-refractivity contribution in [3.63, 3.8) is 0 Å². The Kier molecular flexibility index (Phi) is 4.74. The molecule has 0 radical (unpaired) electrons. The fourth-order valence-corrected chi connectivity index (χ4v) is 9.46. The summed E-state index contributed by atoms with van der Waals surface area (Å²) in [6.07, 6.45) is 6.45. The summed E-state index contributed by atoms with van der Waals surface area (Å²) in [6, 6.07) is 14.6. The van der Waals surface area contributed by atoms with Crippen molar-refractivity contribution in [1.82, 2.24) is 5.32 Å². The van der Waals surface area contributed by atoms with E-state index in [1.54, 1.807) is 0 Å². The van der Waals surface area contributed by atoms with Gasteiger partial charge in [0.1, 0.15) is 6.04 Å². The fourth-order valence-electron chi connectivity index (χ4n) is 4.60. The van der Waals surface area contributed by atoms with Crippen LogP contribution >= 0.6 is 10.0 Å². The smallest absolute Gasteiger partial charge is 0.321 e. The van der Waals surface area contributed by atoms with Gasteiger partial charge in [-0.3, -0.25) is 10.1 Å². The zero-order valence-electron chi connectivity index (χ0n) is 14.6. The van der Waals surface area contributed by atoms with Crippen molar-refractivity contribution in [2.45, 2.75) is 43.5 Å². The maximum absolute atomic E-state index is 11.8. The van der Waals surface area contributed by atoms with Crippen molar-refractivity contribution in [2.24, 2.45) is 0 Å². The number of hydrogen-bond donors (Lipinski definition) is 2. The third kappa shape index (κ3) is 3.18. The van der Waals surface area contributed by atoms with Crippen LogP contribution in [-0.4, -0.2) is 34.4 Å². The summed E-state index contributed by atoms with van der Waals surface area (Å²) in [6.45, 7) is 0. The van der Waals surface area contributed by atoms with E-state index in [9.17, 15) is 9.90 Å². The van der Waals surface area contributed by atoms with Crippen LogP contribution in [0.4, 0.5) is 0 Å². The molecule has 2 atom stereocenters. The first-order valence-electron chi connectivity index (χ1n) is 9.41. The van der Waals surface area contributed by atoms with E-state index in [4.69, 9.17) is 0 Å². The highest BCUT2D eigenvalue weighted by Crippen LogP contribution is 2.65. The van der Waals surface area contributed by atoms with Gasteiger partial charge in [-0.1, -0.05) is 61.7 Å². The Morgan fingerprint density at radius 1 is 0.960 bits per heavy atom. The second-order valence-corrected chi connectivity index (χ2v) is 11.3. The summed E-state index contributed by atoms with van der Waals surface area (Å²) in [5.41, 5.74) is 1.32. The number of carboxylic acids is 1. The summed E-state index contributed by atoms with van der Waals surface area (Å²) < 4.78 is 0. The summed E-state index contributed by atoms with van der Waals surface area (Å²) >= 11 is 0. The van der Waals surface area contributed by atoms with Crippen molar-refractivity contribution in [3.8, 4) is 0 Å². The molecule has 4 heteroatoms. The molecule has 0 bridgehead atoms. The quantitative estimate of drug-likeness (QED) is 0.821. The van der Waals surface area contributed by atoms with Crippen molar-refractivity contribution in [2.75, 3.05) is 17.3 Å². The van der Waals surface area contributed by atoms with Crippen LogP contribution in [0.25, 0.3) is 10.8 Å². The van der Waals surface area contributed by atoms with E-state index in [2.05, 4.69) is 47.8 Å². The van der Waals surface area contributed by atoms with Gasteiger partial charge < -0.3 is 5.11 Å². The molecule has 2 heterocycles. The molecule has 2 aliphatic rings. The van der Waals surface area contributed by atoms with Gasteiger partial charge in [0, 0.05) is 5.75 Å². The van der Waals surface area contributed by atoms with Gasteiger partial charge in [0.2, 0.25) is 0 Å². The molecule has 2 aliphatic heterocycles. The molecule has 0 aliphatic carbocycles. The maximum atomic E-state index is 11.8. The molecule has 2 saturated heterocycles. The van der Waals surface area contributed by atoms with E-state index in [0.29, 0.717) is 0 Å². The maximum Gasteiger partial charge on any atom is 0.321 e. The molecule has 2 N–H and O–H groups in total. The van der Waals surface area contributed by atoms with E-state index in [-0.39, 0.29) is 5.37 Å². The van der Waals surface area contributed by atoms with E-state index in [1.165, 1.54) is 59.9 Å². The summed E-state index contributed by atoms with van der Waals surface area (Å²) in [7, 11) is -0.994. The largest absolute Gasteiger partial charge is 0.480 e. The molecule has 0 saturated carbocycles. The van der Waals surface area contributed by atoms with Crippen LogP contribution in [0.1, 0.15) is 43.0 Å². The average molecular weight is 358 g/mol. The van der Waals surface area contributed by atoms with Crippen LogP contribution in [-0.2, 0) is 4.79 Å². The molecule has 3 nitrogen and oxygen atoms in total. The molecule has 4 rings (SSSR count). The summed E-state index contributed by atoms with van der Waals surface area (Å²) in [5, 5.41) is 16.0. The number of carbonyl (C=O) groups is 1.